The molecule has 0 N–H and O–H groups in total. The summed E-state index contributed by atoms with van der Waals surface area (Å²) in [5.74, 6) is 0.362. The van der Waals surface area contributed by atoms with Crippen molar-refractivity contribution in [3.63, 3.8) is 0 Å². The number of carbonyl (C=O) groups excluding carboxylic acids is 1. The Hall–Kier alpha value is -2.37. The molecule has 0 bridgehead atoms. The molecule has 0 radical (unpaired) electrons. The summed E-state index contributed by atoms with van der Waals surface area (Å²) in [5, 5.41) is 8.03. The van der Waals surface area contributed by atoms with E-state index in [0.29, 0.717) is 12.2 Å². The number of ether oxygens (including phenoxy) is 2. The quantitative estimate of drug-likeness (QED) is 0.762. The Kier molecular flexibility index (Phi) is 4.92. The average molecular weight is 289 g/mol. The van der Waals surface area contributed by atoms with Crippen molar-refractivity contribution in [1.82, 2.24) is 15.0 Å². The van der Waals surface area contributed by atoms with Crippen LogP contribution in [-0.4, -0.2) is 35.2 Å². The summed E-state index contributed by atoms with van der Waals surface area (Å²) in [6.07, 6.45) is 1.63. The molecule has 0 spiro atoms. The third-order valence-corrected chi connectivity index (χ3v) is 3.19. The first-order chi connectivity index (χ1) is 10.2. The lowest BCUT2D eigenvalue weighted by Crippen LogP contribution is -2.10. The van der Waals surface area contributed by atoms with Crippen LogP contribution in [0.2, 0.25) is 0 Å². The van der Waals surface area contributed by atoms with E-state index in [1.807, 2.05) is 31.2 Å². The van der Waals surface area contributed by atoms with Gasteiger partial charge in [0.15, 0.2) is 5.69 Å². The van der Waals surface area contributed by atoms with Crippen LogP contribution in [0.1, 0.15) is 35.1 Å². The molecule has 0 fully saturated rings. The summed E-state index contributed by atoms with van der Waals surface area (Å²) >= 11 is 0. The highest BCUT2D eigenvalue weighted by Crippen LogP contribution is 2.15. The minimum atomic E-state index is -0.445. The van der Waals surface area contributed by atoms with Crippen molar-refractivity contribution < 1.29 is 14.3 Å². The van der Waals surface area contributed by atoms with Crippen molar-refractivity contribution in [2.24, 2.45) is 0 Å². The van der Waals surface area contributed by atoms with E-state index >= 15 is 0 Å². The maximum atomic E-state index is 11.7. The van der Waals surface area contributed by atoms with Gasteiger partial charge in [0.2, 0.25) is 0 Å². The van der Waals surface area contributed by atoms with Gasteiger partial charge in [-0.15, -0.1) is 5.10 Å². The van der Waals surface area contributed by atoms with Crippen molar-refractivity contribution in [1.29, 1.82) is 0 Å². The molecule has 2 rings (SSSR count). The molecule has 1 heterocycles. The van der Waals surface area contributed by atoms with E-state index in [0.717, 1.165) is 29.8 Å². The number of nitrogens with zero attached hydrogens (tertiary/aromatic N) is 3. The number of hydrogen-bond donors (Lipinski definition) is 0. The number of aromatic nitrogens is 3. The van der Waals surface area contributed by atoms with Gasteiger partial charge in [0.05, 0.1) is 26.5 Å². The van der Waals surface area contributed by atoms with Crippen LogP contribution in [-0.2, 0) is 17.7 Å². The molecular formula is C15H19N3O3. The largest absolute Gasteiger partial charge is 0.497 e. The van der Waals surface area contributed by atoms with Gasteiger partial charge in [0.25, 0.3) is 0 Å². The highest BCUT2D eigenvalue weighted by Gasteiger charge is 2.19. The van der Waals surface area contributed by atoms with Crippen LogP contribution >= 0.6 is 0 Å². The Labute approximate surface area is 123 Å². The summed E-state index contributed by atoms with van der Waals surface area (Å²) in [4.78, 5) is 11.7. The zero-order chi connectivity index (χ0) is 15.2. The molecule has 21 heavy (non-hydrogen) atoms. The predicted octanol–water partition coefficient (Wildman–Crippen LogP) is 2.07. The van der Waals surface area contributed by atoms with Crippen molar-refractivity contribution in [2.75, 3.05) is 14.2 Å². The number of rotatable bonds is 6. The van der Waals surface area contributed by atoms with Crippen LogP contribution < -0.4 is 4.74 Å². The topological polar surface area (TPSA) is 66.2 Å². The third kappa shape index (κ3) is 3.39. The van der Waals surface area contributed by atoms with Crippen LogP contribution in [0.5, 0.6) is 5.75 Å². The molecular weight excluding hydrogens is 270 g/mol. The van der Waals surface area contributed by atoms with Gasteiger partial charge in [-0.3, -0.25) is 0 Å². The first-order valence-corrected chi connectivity index (χ1v) is 6.83. The summed E-state index contributed by atoms with van der Waals surface area (Å²) in [7, 11) is 2.98. The SMILES string of the molecule is CCCc1c(C(=O)OC)nnn1Cc1ccc(OC)cc1. The van der Waals surface area contributed by atoms with Gasteiger partial charge in [0.1, 0.15) is 5.75 Å². The van der Waals surface area contributed by atoms with Gasteiger partial charge in [-0.05, 0) is 24.1 Å². The van der Waals surface area contributed by atoms with Gasteiger partial charge in [-0.25, -0.2) is 9.48 Å². The molecule has 1 aromatic carbocycles. The summed E-state index contributed by atoms with van der Waals surface area (Å²) < 4.78 is 11.6. The molecule has 0 aliphatic rings. The molecule has 0 aliphatic carbocycles. The zero-order valence-electron chi connectivity index (χ0n) is 12.5. The normalized spacial score (nSPS) is 10.4. The molecule has 1 aromatic heterocycles. The van der Waals surface area contributed by atoms with Crippen LogP contribution in [0.4, 0.5) is 0 Å². The molecule has 0 atom stereocenters. The number of methoxy groups -OCH3 is 2. The fourth-order valence-corrected chi connectivity index (χ4v) is 2.10. The van der Waals surface area contributed by atoms with Gasteiger partial charge < -0.3 is 9.47 Å². The second kappa shape index (κ2) is 6.88. The van der Waals surface area contributed by atoms with Crippen molar-refractivity contribution in [3.8, 4) is 5.75 Å². The monoisotopic (exact) mass is 289 g/mol. The van der Waals surface area contributed by atoms with Crippen LogP contribution in [0.15, 0.2) is 24.3 Å². The Bertz CT molecular complexity index is 605. The Morgan fingerprint density at radius 3 is 2.52 bits per heavy atom. The molecule has 6 heteroatoms. The molecule has 2 aromatic rings. The number of carbonyl (C=O) groups is 1. The van der Waals surface area contributed by atoms with E-state index in [4.69, 9.17) is 9.47 Å². The molecule has 0 saturated heterocycles. The lowest BCUT2D eigenvalue weighted by Gasteiger charge is -2.07. The summed E-state index contributed by atoms with van der Waals surface area (Å²) in [6.45, 7) is 2.61. The minimum absolute atomic E-state index is 0.299. The highest BCUT2D eigenvalue weighted by atomic mass is 16.5. The van der Waals surface area contributed by atoms with Gasteiger partial charge in [0, 0.05) is 0 Å². The number of benzene rings is 1. The van der Waals surface area contributed by atoms with E-state index in [1.54, 1.807) is 11.8 Å². The maximum Gasteiger partial charge on any atom is 0.360 e. The van der Waals surface area contributed by atoms with Crippen LogP contribution in [0.25, 0.3) is 0 Å². The van der Waals surface area contributed by atoms with E-state index < -0.39 is 5.97 Å². The van der Waals surface area contributed by atoms with Crippen LogP contribution in [0, 0.1) is 0 Å². The second-order valence-electron chi connectivity index (χ2n) is 4.63. The first-order valence-electron chi connectivity index (χ1n) is 6.83. The lowest BCUT2D eigenvalue weighted by atomic mass is 10.2. The molecule has 0 saturated carbocycles. The van der Waals surface area contributed by atoms with E-state index in [1.165, 1.54) is 7.11 Å². The van der Waals surface area contributed by atoms with Gasteiger partial charge >= 0.3 is 5.97 Å². The number of hydrogen-bond acceptors (Lipinski definition) is 5. The second-order valence-corrected chi connectivity index (χ2v) is 4.63. The van der Waals surface area contributed by atoms with E-state index in [9.17, 15) is 4.79 Å². The Morgan fingerprint density at radius 2 is 1.95 bits per heavy atom. The predicted molar refractivity (Wildman–Crippen MR) is 77.5 cm³/mol. The standard InChI is InChI=1S/C15H19N3O3/c1-4-5-13-14(15(19)21-3)16-17-18(13)10-11-6-8-12(20-2)9-7-11/h6-9H,4-5,10H2,1-3H3. The molecule has 6 nitrogen and oxygen atoms in total. The summed E-state index contributed by atoms with van der Waals surface area (Å²) in [6, 6.07) is 7.72. The fourth-order valence-electron chi connectivity index (χ4n) is 2.10. The highest BCUT2D eigenvalue weighted by molar-refractivity contribution is 5.88. The zero-order valence-corrected chi connectivity index (χ0v) is 12.5. The first kappa shape index (κ1) is 15.0. The lowest BCUT2D eigenvalue weighted by molar-refractivity contribution is 0.0592. The van der Waals surface area contributed by atoms with Gasteiger partial charge in [-0.2, -0.15) is 0 Å². The van der Waals surface area contributed by atoms with Crippen molar-refractivity contribution in [2.45, 2.75) is 26.3 Å². The van der Waals surface area contributed by atoms with Crippen molar-refractivity contribution in [3.05, 3.63) is 41.2 Å². The maximum absolute atomic E-state index is 11.7. The molecule has 0 amide bonds. The molecule has 0 unspecified atom stereocenters. The summed E-state index contributed by atoms with van der Waals surface area (Å²) in [5.41, 5.74) is 2.17. The smallest absolute Gasteiger partial charge is 0.360 e. The average Bonchev–Trinajstić information content (AvgIpc) is 2.90. The van der Waals surface area contributed by atoms with Crippen molar-refractivity contribution >= 4 is 5.97 Å². The minimum Gasteiger partial charge on any atom is -0.497 e. The fraction of sp³-hybridized carbons (Fsp3) is 0.400. The third-order valence-electron chi connectivity index (χ3n) is 3.19. The van der Waals surface area contributed by atoms with E-state index in [-0.39, 0.29) is 0 Å². The van der Waals surface area contributed by atoms with Crippen LogP contribution in [0.3, 0.4) is 0 Å². The van der Waals surface area contributed by atoms with E-state index in [2.05, 4.69) is 10.3 Å². The van der Waals surface area contributed by atoms with Gasteiger partial charge in [-0.1, -0.05) is 30.7 Å². The Balaban J connectivity index is 2.25. The Morgan fingerprint density at radius 1 is 1.24 bits per heavy atom. The molecule has 0 aliphatic heterocycles. The number of esters is 1. The molecule has 112 valence electrons.